The number of hydrogen-bond acceptors (Lipinski definition) is 3. The smallest absolute Gasteiger partial charge is 0.243 e. The van der Waals surface area contributed by atoms with Crippen molar-refractivity contribution in [2.24, 2.45) is 17.8 Å². The average Bonchev–Trinajstić information content (AvgIpc) is 3.49. The van der Waals surface area contributed by atoms with E-state index in [2.05, 4.69) is 24.4 Å². The number of piperidine rings is 1. The molecule has 1 saturated carbocycles. The zero-order chi connectivity index (χ0) is 21.3. The molecule has 160 valence electrons. The molecule has 1 saturated heterocycles. The van der Waals surface area contributed by atoms with E-state index in [0.29, 0.717) is 42.8 Å². The van der Waals surface area contributed by atoms with E-state index in [1.807, 2.05) is 18.2 Å². The van der Waals surface area contributed by atoms with Crippen LogP contribution in [0.2, 0.25) is 5.02 Å². The second-order valence-corrected chi connectivity index (χ2v) is 10.8. The Morgan fingerprint density at radius 3 is 2.23 bits per heavy atom. The van der Waals surface area contributed by atoms with Crippen LogP contribution in [0.3, 0.4) is 0 Å². The molecule has 2 aromatic carbocycles. The van der Waals surface area contributed by atoms with Crippen molar-refractivity contribution in [3.05, 3.63) is 65.2 Å². The third-order valence-corrected chi connectivity index (χ3v) is 8.50. The van der Waals surface area contributed by atoms with Crippen molar-refractivity contribution in [3.8, 4) is 0 Å². The zero-order valence-electron chi connectivity index (χ0n) is 17.0. The molecule has 3 unspecified atom stereocenters. The van der Waals surface area contributed by atoms with Gasteiger partial charge in [-0.2, -0.15) is 4.31 Å². The number of carbonyl (C=O) groups is 1. The number of nitrogens with zero attached hydrogens (tertiary/aromatic N) is 1. The van der Waals surface area contributed by atoms with Gasteiger partial charge >= 0.3 is 0 Å². The number of carbonyl (C=O) groups excluding carboxylic acids is 1. The van der Waals surface area contributed by atoms with Gasteiger partial charge in [0.05, 0.1) is 10.9 Å². The number of rotatable bonds is 6. The van der Waals surface area contributed by atoms with Gasteiger partial charge in [-0.05, 0) is 60.9 Å². The first-order valence-electron chi connectivity index (χ1n) is 10.5. The predicted molar refractivity (Wildman–Crippen MR) is 118 cm³/mol. The van der Waals surface area contributed by atoms with Crippen molar-refractivity contribution in [1.29, 1.82) is 0 Å². The minimum Gasteiger partial charge on any atom is -0.349 e. The van der Waals surface area contributed by atoms with Gasteiger partial charge in [-0.15, -0.1) is 0 Å². The van der Waals surface area contributed by atoms with E-state index in [9.17, 15) is 13.2 Å². The van der Waals surface area contributed by atoms with Crippen molar-refractivity contribution >= 4 is 27.5 Å². The maximum absolute atomic E-state index is 13.0. The van der Waals surface area contributed by atoms with Crippen LogP contribution >= 0.6 is 11.6 Å². The Morgan fingerprint density at radius 2 is 1.67 bits per heavy atom. The summed E-state index contributed by atoms with van der Waals surface area (Å²) in [6.45, 7) is 2.91. The van der Waals surface area contributed by atoms with Gasteiger partial charge in [-0.25, -0.2) is 8.42 Å². The van der Waals surface area contributed by atoms with Crippen LogP contribution in [-0.4, -0.2) is 31.7 Å². The van der Waals surface area contributed by atoms with E-state index < -0.39 is 10.0 Å². The number of amides is 1. The summed E-state index contributed by atoms with van der Waals surface area (Å²) in [4.78, 5) is 13.2. The molecule has 1 aliphatic carbocycles. The molecule has 2 aliphatic rings. The molecule has 3 atom stereocenters. The van der Waals surface area contributed by atoms with E-state index in [-0.39, 0.29) is 22.8 Å². The van der Waals surface area contributed by atoms with Crippen LogP contribution in [0, 0.1) is 17.8 Å². The topological polar surface area (TPSA) is 66.5 Å². The molecule has 0 spiro atoms. The van der Waals surface area contributed by atoms with Crippen LogP contribution in [0.25, 0.3) is 0 Å². The Bertz CT molecular complexity index is 987. The lowest BCUT2D eigenvalue weighted by molar-refractivity contribution is -0.127. The third-order valence-electron chi connectivity index (χ3n) is 6.33. The average molecular weight is 447 g/mol. The molecule has 30 heavy (non-hydrogen) atoms. The van der Waals surface area contributed by atoms with Crippen LogP contribution in [0.1, 0.15) is 37.8 Å². The highest BCUT2D eigenvalue weighted by molar-refractivity contribution is 7.89. The summed E-state index contributed by atoms with van der Waals surface area (Å²) in [5.41, 5.74) is 1.14. The fraction of sp³-hybridized carbons (Fsp3) is 0.435. The van der Waals surface area contributed by atoms with Crippen LogP contribution in [-0.2, 0) is 14.8 Å². The highest BCUT2D eigenvalue weighted by Gasteiger charge is 2.42. The van der Waals surface area contributed by atoms with Crippen LogP contribution in [0.15, 0.2) is 59.5 Å². The van der Waals surface area contributed by atoms with Crippen molar-refractivity contribution in [2.45, 2.75) is 37.1 Å². The number of sulfonamides is 1. The van der Waals surface area contributed by atoms with Gasteiger partial charge in [0.25, 0.3) is 0 Å². The zero-order valence-corrected chi connectivity index (χ0v) is 18.6. The summed E-state index contributed by atoms with van der Waals surface area (Å²) in [7, 11) is -3.56. The van der Waals surface area contributed by atoms with Gasteiger partial charge in [0, 0.05) is 24.0 Å². The fourth-order valence-electron chi connectivity index (χ4n) is 4.30. The Morgan fingerprint density at radius 1 is 1.07 bits per heavy atom. The van der Waals surface area contributed by atoms with E-state index in [0.717, 1.165) is 12.0 Å². The summed E-state index contributed by atoms with van der Waals surface area (Å²) in [6, 6.07) is 16.4. The van der Waals surface area contributed by atoms with E-state index in [1.165, 1.54) is 16.4 Å². The summed E-state index contributed by atoms with van der Waals surface area (Å²) in [6.07, 6.45) is 2.18. The number of halogens is 1. The van der Waals surface area contributed by atoms with Crippen molar-refractivity contribution < 1.29 is 13.2 Å². The SMILES string of the molecule is CC1CC1C(NC(=O)C1CCN(S(=O)(=O)c2ccc(Cl)cc2)CC1)c1ccccc1. The molecule has 0 aromatic heterocycles. The Hall–Kier alpha value is -1.89. The molecule has 0 radical (unpaired) electrons. The van der Waals surface area contributed by atoms with Gasteiger partial charge in [-0.1, -0.05) is 48.9 Å². The normalized spacial score (nSPS) is 23.7. The van der Waals surface area contributed by atoms with Crippen LogP contribution < -0.4 is 5.32 Å². The summed E-state index contributed by atoms with van der Waals surface area (Å²) in [5, 5.41) is 3.77. The molecule has 1 amide bonds. The fourth-order valence-corrected chi connectivity index (χ4v) is 5.89. The first kappa shape index (κ1) is 21.3. The lowest BCUT2D eigenvalue weighted by Gasteiger charge is -2.31. The first-order chi connectivity index (χ1) is 14.4. The number of hydrogen-bond donors (Lipinski definition) is 1. The second-order valence-electron chi connectivity index (χ2n) is 8.41. The Labute approximate surface area is 183 Å². The lowest BCUT2D eigenvalue weighted by atomic mass is 9.95. The molecule has 2 fully saturated rings. The van der Waals surface area contributed by atoms with Gasteiger partial charge in [0.15, 0.2) is 0 Å². The second kappa shape index (κ2) is 8.69. The maximum atomic E-state index is 13.0. The van der Waals surface area contributed by atoms with Crippen LogP contribution in [0.4, 0.5) is 0 Å². The monoisotopic (exact) mass is 446 g/mol. The quantitative estimate of drug-likeness (QED) is 0.721. The van der Waals surface area contributed by atoms with Gasteiger partial charge in [-0.3, -0.25) is 4.79 Å². The standard InChI is InChI=1S/C23H27ClN2O3S/c1-16-15-21(16)22(17-5-3-2-4-6-17)25-23(27)18-11-13-26(14-12-18)30(28,29)20-9-7-19(24)8-10-20/h2-10,16,18,21-22H,11-15H2,1H3,(H,25,27). The van der Waals surface area contributed by atoms with Crippen molar-refractivity contribution in [2.75, 3.05) is 13.1 Å². The molecule has 4 rings (SSSR count). The Kier molecular flexibility index (Phi) is 6.19. The van der Waals surface area contributed by atoms with Gasteiger partial charge < -0.3 is 5.32 Å². The summed E-state index contributed by atoms with van der Waals surface area (Å²) >= 11 is 5.87. The molecule has 1 heterocycles. The molecular formula is C23H27ClN2O3S. The van der Waals surface area contributed by atoms with E-state index >= 15 is 0 Å². The molecule has 1 N–H and O–H groups in total. The van der Waals surface area contributed by atoms with Gasteiger partial charge in [0.1, 0.15) is 0 Å². The molecule has 5 nitrogen and oxygen atoms in total. The molecule has 7 heteroatoms. The van der Waals surface area contributed by atoms with E-state index in [1.54, 1.807) is 12.1 Å². The molecule has 2 aromatic rings. The van der Waals surface area contributed by atoms with E-state index in [4.69, 9.17) is 11.6 Å². The first-order valence-corrected chi connectivity index (χ1v) is 12.3. The summed E-state index contributed by atoms with van der Waals surface area (Å²) < 4.78 is 27.2. The number of nitrogens with one attached hydrogen (secondary N) is 1. The highest BCUT2D eigenvalue weighted by atomic mass is 35.5. The van der Waals surface area contributed by atoms with Gasteiger partial charge in [0.2, 0.25) is 15.9 Å². The van der Waals surface area contributed by atoms with Crippen molar-refractivity contribution in [1.82, 2.24) is 9.62 Å². The Balaban J connectivity index is 1.39. The molecular weight excluding hydrogens is 420 g/mol. The summed E-state index contributed by atoms with van der Waals surface area (Å²) in [5.74, 6) is 0.956. The highest BCUT2D eigenvalue weighted by Crippen LogP contribution is 2.47. The minimum atomic E-state index is -3.56. The maximum Gasteiger partial charge on any atom is 0.243 e. The molecule has 0 bridgehead atoms. The molecule has 1 aliphatic heterocycles. The third kappa shape index (κ3) is 4.56. The largest absolute Gasteiger partial charge is 0.349 e. The number of benzene rings is 2. The van der Waals surface area contributed by atoms with Crippen molar-refractivity contribution in [3.63, 3.8) is 0 Å². The predicted octanol–water partition coefficient (Wildman–Crippen LogP) is 4.25. The van der Waals surface area contributed by atoms with Crippen LogP contribution in [0.5, 0.6) is 0 Å². The minimum absolute atomic E-state index is 0.0320. The lowest BCUT2D eigenvalue weighted by Crippen LogP contribution is -2.44.